The van der Waals surface area contributed by atoms with Gasteiger partial charge in [-0.25, -0.2) is 0 Å². The van der Waals surface area contributed by atoms with Crippen LogP contribution in [0.25, 0.3) is 0 Å². The van der Waals surface area contributed by atoms with Gasteiger partial charge in [0.25, 0.3) is 5.91 Å². The first kappa shape index (κ1) is 17.4. The molecule has 0 aliphatic rings. The molecule has 0 bridgehead atoms. The van der Waals surface area contributed by atoms with E-state index in [1.54, 1.807) is 62.8 Å². The highest BCUT2D eigenvalue weighted by molar-refractivity contribution is 6.04. The second-order valence-corrected chi connectivity index (χ2v) is 5.46. The molecule has 3 rings (SSSR count). The minimum atomic E-state index is -0.189. The Labute approximate surface area is 152 Å². The van der Waals surface area contributed by atoms with Crippen molar-refractivity contribution in [3.8, 4) is 23.0 Å². The first-order chi connectivity index (χ1) is 12.7. The van der Waals surface area contributed by atoms with Crippen LogP contribution in [0, 0.1) is 0 Å². The van der Waals surface area contributed by atoms with Crippen LogP contribution in [0.4, 0.5) is 5.69 Å². The van der Waals surface area contributed by atoms with E-state index in [4.69, 9.17) is 14.2 Å². The zero-order valence-corrected chi connectivity index (χ0v) is 14.6. The number of para-hydroxylation sites is 2. The second kappa shape index (κ2) is 8.07. The minimum Gasteiger partial charge on any atom is -0.497 e. The number of amides is 1. The summed E-state index contributed by atoms with van der Waals surface area (Å²) >= 11 is 0. The van der Waals surface area contributed by atoms with Gasteiger partial charge in [0, 0.05) is 11.3 Å². The molecule has 132 valence electrons. The van der Waals surface area contributed by atoms with Crippen molar-refractivity contribution < 1.29 is 19.0 Å². The fraction of sp³-hybridized carbons (Fsp3) is 0.0952. The number of carbonyl (C=O) groups excluding carboxylic acids is 1. The molecule has 0 heterocycles. The maximum absolute atomic E-state index is 12.3. The predicted molar refractivity (Wildman–Crippen MR) is 100 cm³/mol. The number of hydrogen-bond acceptors (Lipinski definition) is 4. The van der Waals surface area contributed by atoms with Gasteiger partial charge in [-0.15, -0.1) is 0 Å². The average Bonchev–Trinajstić information content (AvgIpc) is 2.70. The molecule has 0 aliphatic carbocycles. The molecule has 0 spiro atoms. The Kier molecular flexibility index (Phi) is 5.39. The molecule has 1 N–H and O–H groups in total. The normalized spacial score (nSPS) is 10.1. The maximum Gasteiger partial charge on any atom is 0.255 e. The van der Waals surface area contributed by atoms with E-state index in [2.05, 4.69) is 5.32 Å². The number of nitrogens with one attached hydrogen (secondary N) is 1. The summed E-state index contributed by atoms with van der Waals surface area (Å²) in [6, 6.07) is 21.5. The van der Waals surface area contributed by atoms with Crippen molar-refractivity contribution in [1.29, 1.82) is 0 Å². The smallest absolute Gasteiger partial charge is 0.255 e. The summed E-state index contributed by atoms with van der Waals surface area (Å²) in [4.78, 5) is 12.3. The summed E-state index contributed by atoms with van der Waals surface area (Å²) < 4.78 is 16.2. The second-order valence-electron chi connectivity index (χ2n) is 5.46. The number of methoxy groups -OCH3 is 2. The lowest BCUT2D eigenvalue weighted by Crippen LogP contribution is -2.11. The zero-order valence-electron chi connectivity index (χ0n) is 14.6. The van der Waals surface area contributed by atoms with Crippen molar-refractivity contribution >= 4 is 11.6 Å². The molecule has 0 radical (unpaired) electrons. The number of ether oxygens (including phenoxy) is 3. The molecule has 1 amide bonds. The van der Waals surface area contributed by atoms with E-state index in [0.29, 0.717) is 34.2 Å². The highest BCUT2D eigenvalue weighted by Gasteiger charge is 2.08. The van der Waals surface area contributed by atoms with E-state index in [1.807, 2.05) is 24.3 Å². The number of hydrogen-bond donors (Lipinski definition) is 1. The van der Waals surface area contributed by atoms with Gasteiger partial charge in [-0.1, -0.05) is 12.1 Å². The minimum absolute atomic E-state index is 0.189. The van der Waals surface area contributed by atoms with Crippen molar-refractivity contribution in [3.63, 3.8) is 0 Å². The third-order valence-electron chi connectivity index (χ3n) is 3.76. The van der Waals surface area contributed by atoms with Crippen LogP contribution in [-0.4, -0.2) is 20.1 Å². The van der Waals surface area contributed by atoms with E-state index in [0.717, 1.165) is 0 Å². The van der Waals surface area contributed by atoms with E-state index in [1.165, 1.54) is 0 Å². The number of benzene rings is 3. The topological polar surface area (TPSA) is 56.8 Å². The molecule has 0 atom stereocenters. The van der Waals surface area contributed by atoms with Gasteiger partial charge < -0.3 is 19.5 Å². The Bertz CT molecular complexity index is 873. The van der Waals surface area contributed by atoms with Crippen molar-refractivity contribution in [2.75, 3.05) is 19.5 Å². The van der Waals surface area contributed by atoms with Crippen molar-refractivity contribution in [1.82, 2.24) is 0 Å². The Morgan fingerprint density at radius 3 is 1.96 bits per heavy atom. The van der Waals surface area contributed by atoms with Gasteiger partial charge in [0.05, 0.1) is 14.2 Å². The summed E-state index contributed by atoms with van der Waals surface area (Å²) in [6.45, 7) is 0. The molecule has 3 aromatic carbocycles. The number of rotatable bonds is 6. The third kappa shape index (κ3) is 4.13. The molecule has 3 aromatic rings. The molecule has 26 heavy (non-hydrogen) atoms. The van der Waals surface area contributed by atoms with Crippen LogP contribution in [0.15, 0.2) is 72.8 Å². The summed E-state index contributed by atoms with van der Waals surface area (Å²) in [5, 5.41) is 2.85. The molecule has 0 saturated heterocycles. The summed E-state index contributed by atoms with van der Waals surface area (Å²) in [5.74, 6) is 2.46. The Morgan fingerprint density at radius 1 is 0.731 bits per heavy atom. The lowest BCUT2D eigenvalue weighted by atomic mass is 10.2. The number of anilines is 1. The third-order valence-corrected chi connectivity index (χ3v) is 3.76. The SMILES string of the molecule is COc1ccc(C(=O)Nc2ccc(Oc3ccccc3OC)cc2)cc1. The summed E-state index contributed by atoms with van der Waals surface area (Å²) in [7, 11) is 3.18. The Balaban J connectivity index is 1.66. The van der Waals surface area contributed by atoms with Gasteiger partial charge in [-0.2, -0.15) is 0 Å². The molecule has 0 aromatic heterocycles. The quantitative estimate of drug-likeness (QED) is 0.698. The van der Waals surface area contributed by atoms with Gasteiger partial charge in [0.2, 0.25) is 0 Å². The molecule has 0 saturated carbocycles. The zero-order chi connectivity index (χ0) is 18.4. The van der Waals surface area contributed by atoms with Crippen LogP contribution in [0.2, 0.25) is 0 Å². The summed E-state index contributed by atoms with van der Waals surface area (Å²) in [6.07, 6.45) is 0. The predicted octanol–water partition coefficient (Wildman–Crippen LogP) is 4.75. The van der Waals surface area contributed by atoms with Gasteiger partial charge in [0.1, 0.15) is 11.5 Å². The van der Waals surface area contributed by atoms with Crippen LogP contribution in [0.3, 0.4) is 0 Å². The van der Waals surface area contributed by atoms with Crippen LogP contribution in [0.5, 0.6) is 23.0 Å². The van der Waals surface area contributed by atoms with E-state index in [-0.39, 0.29) is 5.91 Å². The summed E-state index contributed by atoms with van der Waals surface area (Å²) in [5.41, 5.74) is 1.23. The Morgan fingerprint density at radius 2 is 1.35 bits per heavy atom. The van der Waals surface area contributed by atoms with E-state index in [9.17, 15) is 4.79 Å². The number of carbonyl (C=O) groups is 1. The van der Waals surface area contributed by atoms with Crippen LogP contribution in [-0.2, 0) is 0 Å². The molecule has 0 aliphatic heterocycles. The van der Waals surface area contributed by atoms with Gasteiger partial charge in [0.15, 0.2) is 11.5 Å². The first-order valence-corrected chi connectivity index (χ1v) is 8.06. The van der Waals surface area contributed by atoms with Gasteiger partial charge >= 0.3 is 0 Å². The molecule has 0 fully saturated rings. The highest BCUT2D eigenvalue weighted by Crippen LogP contribution is 2.31. The largest absolute Gasteiger partial charge is 0.497 e. The standard InChI is InChI=1S/C21H19NO4/c1-24-17-11-7-15(8-12-17)21(23)22-16-9-13-18(14-10-16)26-20-6-4-3-5-19(20)25-2/h3-14H,1-2H3,(H,22,23). The van der Waals surface area contributed by atoms with Crippen molar-refractivity contribution in [2.45, 2.75) is 0 Å². The molecular formula is C21H19NO4. The molecule has 5 nitrogen and oxygen atoms in total. The van der Waals surface area contributed by atoms with Crippen LogP contribution in [0.1, 0.15) is 10.4 Å². The fourth-order valence-electron chi connectivity index (χ4n) is 2.38. The highest BCUT2D eigenvalue weighted by atomic mass is 16.5. The monoisotopic (exact) mass is 349 g/mol. The lowest BCUT2D eigenvalue weighted by Gasteiger charge is -2.11. The van der Waals surface area contributed by atoms with Gasteiger partial charge in [-0.3, -0.25) is 4.79 Å². The van der Waals surface area contributed by atoms with Crippen molar-refractivity contribution in [2.24, 2.45) is 0 Å². The Hall–Kier alpha value is -3.47. The lowest BCUT2D eigenvalue weighted by molar-refractivity contribution is 0.102. The van der Waals surface area contributed by atoms with E-state index < -0.39 is 0 Å². The molecular weight excluding hydrogens is 330 g/mol. The van der Waals surface area contributed by atoms with E-state index >= 15 is 0 Å². The fourth-order valence-corrected chi connectivity index (χ4v) is 2.38. The first-order valence-electron chi connectivity index (χ1n) is 8.06. The average molecular weight is 349 g/mol. The van der Waals surface area contributed by atoms with Gasteiger partial charge in [-0.05, 0) is 60.7 Å². The molecule has 5 heteroatoms. The van der Waals surface area contributed by atoms with Crippen LogP contribution < -0.4 is 19.5 Å². The van der Waals surface area contributed by atoms with Crippen LogP contribution >= 0.6 is 0 Å². The molecule has 0 unspecified atom stereocenters. The van der Waals surface area contributed by atoms with Crippen molar-refractivity contribution in [3.05, 3.63) is 78.4 Å². The maximum atomic E-state index is 12.3.